The van der Waals surface area contributed by atoms with E-state index in [0.29, 0.717) is 11.3 Å². The topological polar surface area (TPSA) is 78.7 Å². The highest BCUT2D eigenvalue weighted by Gasteiger charge is 2.31. The molecule has 114 valence electrons. The van der Waals surface area contributed by atoms with Crippen molar-refractivity contribution in [3.05, 3.63) is 45.1 Å². The highest BCUT2D eigenvalue weighted by atomic mass is 35.5. The monoisotopic (exact) mass is 313 g/mol. The maximum Gasteiger partial charge on any atom is 0.349 e. The standard InChI is InChI=1S/C14H16ClNO5/c1-4-20-13(17)14(2,3)21-11-6-5-10(12(15)9-11)7-8-16(18)19/h5-9H,4H2,1-3H3/b8-7+. The van der Waals surface area contributed by atoms with Crippen LogP contribution in [0, 0.1) is 10.1 Å². The first-order chi connectivity index (χ1) is 9.76. The highest BCUT2D eigenvalue weighted by Crippen LogP contribution is 2.26. The first-order valence-corrected chi connectivity index (χ1v) is 6.61. The Morgan fingerprint density at radius 1 is 1.48 bits per heavy atom. The summed E-state index contributed by atoms with van der Waals surface area (Å²) in [4.78, 5) is 21.4. The van der Waals surface area contributed by atoms with Gasteiger partial charge < -0.3 is 9.47 Å². The quantitative estimate of drug-likeness (QED) is 0.457. The van der Waals surface area contributed by atoms with Crippen LogP contribution in [0.3, 0.4) is 0 Å². The van der Waals surface area contributed by atoms with Crippen LogP contribution in [0.25, 0.3) is 6.08 Å². The molecule has 0 aliphatic heterocycles. The van der Waals surface area contributed by atoms with E-state index in [2.05, 4.69) is 0 Å². The molecule has 0 unspecified atom stereocenters. The number of carbonyl (C=O) groups is 1. The SMILES string of the molecule is CCOC(=O)C(C)(C)Oc1ccc(/C=C/[N+](=O)[O-])c(Cl)c1. The third kappa shape index (κ3) is 5.07. The lowest BCUT2D eigenvalue weighted by Gasteiger charge is -2.24. The van der Waals surface area contributed by atoms with Crippen molar-refractivity contribution < 1.29 is 19.2 Å². The van der Waals surface area contributed by atoms with E-state index in [4.69, 9.17) is 21.1 Å². The molecule has 0 saturated heterocycles. The number of halogens is 1. The predicted molar refractivity (Wildman–Crippen MR) is 78.8 cm³/mol. The van der Waals surface area contributed by atoms with E-state index >= 15 is 0 Å². The Hall–Kier alpha value is -2.08. The Morgan fingerprint density at radius 2 is 2.14 bits per heavy atom. The van der Waals surface area contributed by atoms with E-state index < -0.39 is 16.5 Å². The van der Waals surface area contributed by atoms with Crippen molar-refractivity contribution in [1.29, 1.82) is 0 Å². The van der Waals surface area contributed by atoms with Crippen molar-refractivity contribution in [2.45, 2.75) is 26.4 Å². The van der Waals surface area contributed by atoms with Crippen molar-refractivity contribution in [2.75, 3.05) is 6.61 Å². The summed E-state index contributed by atoms with van der Waals surface area (Å²) in [5.41, 5.74) is -0.674. The van der Waals surface area contributed by atoms with Crippen LogP contribution in [0.15, 0.2) is 24.4 Å². The highest BCUT2D eigenvalue weighted by molar-refractivity contribution is 6.32. The molecular weight excluding hydrogens is 298 g/mol. The Kier molecular flexibility index (Phi) is 5.72. The summed E-state index contributed by atoms with van der Waals surface area (Å²) >= 11 is 6.01. The number of ether oxygens (including phenoxy) is 2. The second-order valence-electron chi connectivity index (χ2n) is 4.62. The minimum atomic E-state index is -1.16. The van der Waals surface area contributed by atoms with Gasteiger partial charge in [-0.15, -0.1) is 0 Å². The molecule has 0 aliphatic rings. The lowest BCUT2D eigenvalue weighted by atomic mass is 10.1. The molecule has 0 bridgehead atoms. The molecule has 0 heterocycles. The van der Waals surface area contributed by atoms with Crippen molar-refractivity contribution >= 4 is 23.6 Å². The summed E-state index contributed by atoms with van der Waals surface area (Å²) in [6.45, 7) is 5.14. The average molecular weight is 314 g/mol. The molecule has 6 nitrogen and oxygen atoms in total. The lowest BCUT2D eigenvalue weighted by molar-refractivity contribution is -0.400. The Balaban J connectivity index is 2.89. The fourth-order valence-electron chi connectivity index (χ4n) is 1.49. The Bertz CT molecular complexity index is 568. The third-order valence-corrected chi connectivity index (χ3v) is 2.82. The van der Waals surface area contributed by atoms with Gasteiger partial charge in [-0.2, -0.15) is 0 Å². The van der Waals surface area contributed by atoms with Gasteiger partial charge >= 0.3 is 5.97 Å². The van der Waals surface area contributed by atoms with Gasteiger partial charge in [-0.25, -0.2) is 4.79 Å². The van der Waals surface area contributed by atoms with Crippen LogP contribution in [0.2, 0.25) is 5.02 Å². The van der Waals surface area contributed by atoms with Crippen LogP contribution in [0.5, 0.6) is 5.75 Å². The number of benzene rings is 1. The molecule has 1 rings (SSSR count). The molecule has 0 saturated carbocycles. The van der Waals surface area contributed by atoms with Crippen molar-refractivity contribution in [3.63, 3.8) is 0 Å². The van der Waals surface area contributed by atoms with Crippen LogP contribution in [-0.4, -0.2) is 23.1 Å². The molecule has 1 aromatic carbocycles. The number of hydrogen-bond donors (Lipinski definition) is 0. The van der Waals surface area contributed by atoms with Crippen LogP contribution >= 0.6 is 11.6 Å². The van der Waals surface area contributed by atoms with Crippen molar-refractivity contribution in [1.82, 2.24) is 0 Å². The minimum absolute atomic E-state index is 0.261. The summed E-state index contributed by atoms with van der Waals surface area (Å²) in [6, 6.07) is 4.63. The van der Waals surface area contributed by atoms with Crippen molar-refractivity contribution in [2.24, 2.45) is 0 Å². The van der Waals surface area contributed by atoms with Gasteiger partial charge in [-0.1, -0.05) is 11.6 Å². The largest absolute Gasteiger partial charge is 0.476 e. The number of hydrogen-bond acceptors (Lipinski definition) is 5. The number of carbonyl (C=O) groups excluding carboxylic acids is 1. The second-order valence-corrected chi connectivity index (χ2v) is 5.02. The number of nitrogens with zero attached hydrogens (tertiary/aromatic N) is 1. The van der Waals surface area contributed by atoms with Crippen LogP contribution in [0.4, 0.5) is 0 Å². The molecule has 0 atom stereocenters. The van der Waals surface area contributed by atoms with E-state index in [0.717, 1.165) is 6.20 Å². The van der Waals surface area contributed by atoms with Gasteiger partial charge in [0.05, 0.1) is 16.6 Å². The molecule has 0 aromatic heterocycles. The first kappa shape index (κ1) is 17.0. The predicted octanol–water partition coefficient (Wildman–Crippen LogP) is 3.31. The zero-order chi connectivity index (χ0) is 16.0. The molecule has 0 fully saturated rings. The van der Waals surface area contributed by atoms with Crippen LogP contribution in [-0.2, 0) is 9.53 Å². The normalized spacial score (nSPS) is 11.4. The zero-order valence-electron chi connectivity index (χ0n) is 12.0. The molecular formula is C14H16ClNO5. The summed E-state index contributed by atoms with van der Waals surface area (Å²) in [5, 5.41) is 10.6. The maximum atomic E-state index is 11.7. The third-order valence-electron chi connectivity index (χ3n) is 2.49. The fourth-order valence-corrected chi connectivity index (χ4v) is 1.72. The van der Waals surface area contributed by atoms with Crippen molar-refractivity contribution in [3.8, 4) is 5.75 Å². The minimum Gasteiger partial charge on any atom is -0.476 e. The summed E-state index contributed by atoms with van der Waals surface area (Å²) in [6.07, 6.45) is 2.08. The van der Waals surface area contributed by atoms with Crippen LogP contribution < -0.4 is 4.74 Å². The fraction of sp³-hybridized carbons (Fsp3) is 0.357. The van der Waals surface area contributed by atoms with E-state index in [-0.39, 0.29) is 11.6 Å². The number of rotatable bonds is 6. The molecule has 0 N–H and O–H groups in total. The number of nitro groups is 1. The Morgan fingerprint density at radius 3 is 2.67 bits per heavy atom. The summed E-state index contributed by atoms with van der Waals surface area (Å²) in [7, 11) is 0. The molecule has 0 amide bonds. The summed E-state index contributed by atoms with van der Waals surface area (Å²) < 4.78 is 10.5. The molecule has 1 aromatic rings. The smallest absolute Gasteiger partial charge is 0.349 e. The van der Waals surface area contributed by atoms with E-state index in [1.807, 2.05) is 0 Å². The first-order valence-electron chi connectivity index (χ1n) is 6.23. The molecule has 7 heteroatoms. The van der Waals surface area contributed by atoms with Gasteiger partial charge in [0, 0.05) is 6.08 Å². The molecule has 0 aliphatic carbocycles. The van der Waals surface area contributed by atoms with Gasteiger partial charge in [-0.05, 0) is 44.5 Å². The Labute approximate surface area is 127 Å². The van der Waals surface area contributed by atoms with Gasteiger partial charge in [-0.3, -0.25) is 10.1 Å². The van der Waals surface area contributed by atoms with Gasteiger partial charge in [0.2, 0.25) is 6.20 Å². The zero-order valence-corrected chi connectivity index (χ0v) is 12.7. The summed E-state index contributed by atoms with van der Waals surface area (Å²) in [5.74, 6) is -0.116. The van der Waals surface area contributed by atoms with Crippen LogP contribution in [0.1, 0.15) is 26.3 Å². The molecule has 0 radical (unpaired) electrons. The number of esters is 1. The lowest BCUT2D eigenvalue weighted by Crippen LogP contribution is -2.39. The van der Waals surface area contributed by atoms with E-state index in [1.165, 1.54) is 12.1 Å². The second kappa shape index (κ2) is 7.08. The van der Waals surface area contributed by atoms with E-state index in [1.54, 1.807) is 32.9 Å². The maximum absolute atomic E-state index is 11.7. The average Bonchev–Trinajstić information content (AvgIpc) is 2.37. The molecule has 0 spiro atoms. The van der Waals surface area contributed by atoms with Gasteiger partial charge in [0.25, 0.3) is 0 Å². The van der Waals surface area contributed by atoms with Gasteiger partial charge in [0.15, 0.2) is 5.60 Å². The molecule has 21 heavy (non-hydrogen) atoms. The van der Waals surface area contributed by atoms with E-state index in [9.17, 15) is 14.9 Å². The van der Waals surface area contributed by atoms with Gasteiger partial charge in [0.1, 0.15) is 5.75 Å².